The molecular weight excluding hydrogens is 1040 g/mol. The zero-order valence-electron chi connectivity index (χ0n) is 45.0. The number of sulfone groups is 1. The molecule has 3 amide bonds. The standard InChI is InChI=1S/C54H67FN14O7S2/c1-32-33(2)64-65-48(32)63-49-38-26-44(78(74,75)54(4,5)6)43(27-39(38)59-31-60-49)76-25-9-17-66-21-23-67(24-22-66)45-29-57-40(28-58-45)52(72)68-19-15-35(16-20-68)46(62-50(71)34(3)56-7)53(73)69-18-8-10-42(69)51-61-41(30-77-51)47(70)36-11-13-37(55)14-12-36/h11-14,26-31,34-35,42,46,56H,8-10,15-25H2,1-7H3,(H,62,71)(H2,59,60,63,64,65)/t34-,42-,46-/m0/s1. The summed E-state index contributed by atoms with van der Waals surface area (Å²) in [4.78, 5) is 85.6. The highest BCUT2D eigenvalue weighted by Gasteiger charge is 2.42. The first kappa shape index (κ1) is 55.7. The first-order chi connectivity index (χ1) is 37.3. The number of hydrogen-bond donors (Lipinski definition) is 4. The Morgan fingerprint density at radius 2 is 1.65 bits per heavy atom. The summed E-state index contributed by atoms with van der Waals surface area (Å²) < 4.78 is 46.7. The number of rotatable bonds is 18. The molecule has 414 valence electrons. The summed E-state index contributed by atoms with van der Waals surface area (Å²) in [5.41, 5.74) is 3.11. The Hall–Kier alpha value is -7.02. The number of aromatic amines is 1. The largest absolute Gasteiger partial charge is 0.492 e. The van der Waals surface area contributed by atoms with Crippen LogP contribution in [0.15, 0.2) is 65.4 Å². The number of likely N-dealkylation sites (N-methyl/N-ethyl adjacent to an activating group) is 1. The molecule has 0 bridgehead atoms. The lowest BCUT2D eigenvalue weighted by Gasteiger charge is -2.38. The summed E-state index contributed by atoms with van der Waals surface area (Å²) in [6.45, 7) is 15.6. The van der Waals surface area contributed by atoms with E-state index >= 15 is 0 Å². The fourth-order valence-electron chi connectivity index (χ4n) is 9.95. The van der Waals surface area contributed by atoms with Crippen molar-refractivity contribution in [3.63, 3.8) is 0 Å². The average molecular weight is 1110 g/mol. The van der Waals surface area contributed by atoms with Crippen LogP contribution in [-0.4, -0.2) is 165 Å². The number of carbonyl (C=O) groups excluding carboxylic acids is 4. The van der Waals surface area contributed by atoms with E-state index in [0.29, 0.717) is 97.3 Å². The van der Waals surface area contributed by atoms with E-state index in [-0.39, 0.29) is 64.1 Å². The summed E-state index contributed by atoms with van der Waals surface area (Å²) in [6, 6.07) is 6.78. The van der Waals surface area contributed by atoms with E-state index < -0.39 is 32.5 Å². The third kappa shape index (κ3) is 12.0. The first-order valence-corrected chi connectivity index (χ1v) is 28.7. The monoisotopic (exact) mass is 1110 g/mol. The molecule has 7 heterocycles. The molecule has 0 radical (unpaired) electrons. The van der Waals surface area contributed by atoms with Crippen LogP contribution in [-0.2, 0) is 19.4 Å². The molecular formula is C54H67FN14O7S2. The van der Waals surface area contributed by atoms with E-state index in [1.807, 2.05) is 13.8 Å². The highest BCUT2D eigenvalue weighted by molar-refractivity contribution is 7.92. The molecule has 0 unspecified atom stereocenters. The molecule has 0 saturated carbocycles. The summed E-state index contributed by atoms with van der Waals surface area (Å²) >= 11 is 1.30. The van der Waals surface area contributed by atoms with Gasteiger partial charge in [-0.05, 0) is 117 Å². The second-order valence-corrected chi connectivity index (χ2v) is 24.7. The molecule has 3 atom stereocenters. The number of fused-ring (bicyclic) bond motifs is 1. The maximum atomic E-state index is 14.6. The highest BCUT2D eigenvalue weighted by Crippen LogP contribution is 2.39. The first-order valence-electron chi connectivity index (χ1n) is 26.4. The van der Waals surface area contributed by atoms with Gasteiger partial charge >= 0.3 is 0 Å². The van der Waals surface area contributed by atoms with Crippen molar-refractivity contribution < 1.29 is 36.7 Å². The zero-order valence-corrected chi connectivity index (χ0v) is 46.6. The van der Waals surface area contributed by atoms with Crippen LogP contribution >= 0.6 is 11.3 Å². The lowest BCUT2D eigenvalue weighted by molar-refractivity contribution is -0.139. The van der Waals surface area contributed by atoms with Gasteiger partial charge in [-0.25, -0.2) is 37.7 Å². The number of halogens is 1. The summed E-state index contributed by atoms with van der Waals surface area (Å²) in [5, 5.41) is 19.3. The van der Waals surface area contributed by atoms with Crippen LogP contribution in [0.2, 0.25) is 0 Å². The van der Waals surface area contributed by atoms with Crippen molar-refractivity contribution in [2.45, 2.75) is 101 Å². The van der Waals surface area contributed by atoms with Crippen LogP contribution in [0.1, 0.15) is 109 Å². The minimum atomic E-state index is -3.84. The molecule has 9 rings (SSSR count). The molecule has 6 aromatic rings. The van der Waals surface area contributed by atoms with E-state index in [0.717, 1.165) is 37.3 Å². The van der Waals surface area contributed by atoms with Crippen LogP contribution < -0.4 is 25.6 Å². The van der Waals surface area contributed by atoms with E-state index in [1.165, 1.54) is 48.1 Å². The topological polar surface area (TPSA) is 254 Å². The van der Waals surface area contributed by atoms with Gasteiger partial charge in [0, 0.05) is 86.0 Å². The van der Waals surface area contributed by atoms with Crippen LogP contribution in [0.4, 0.5) is 21.8 Å². The Bertz CT molecular complexity index is 3260. The fraction of sp³-hybridized carbons (Fsp3) is 0.481. The molecule has 0 aliphatic carbocycles. The van der Waals surface area contributed by atoms with Gasteiger partial charge in [-0.15, -0.1) is 11.3 Å². The number of anilines is 3. The lowest BCUT2D eigenvalue weighted by atomic mass is 9.88. The molecule has 3 fully saturated rings. The third-order valence-electron chi connectivity index (χ3n) is 15.1. The van der Waals surface area contributed by atoms with Crippen LogP contribution in [0.3, 0.4) is 0 Å². The van der Waals surface area contributed by atoms with Crippen molar-refractivity contribution in [2.24, 2.45) is 5.92 Å². The Labute approximate surface area is 457 Å². The van der Waals surface area contributed by atoms with Crippen molar-refractivity contribution in [3.05, 3.63) is 99.5 Å². The van der Waals surface area contributed by atoms with Gasteiger partial charge in [0.25, 0.3) is 5.91 Å². The number of likely N-dealkylation sites (tertiary alicyclic amines) is 2. The number of thiazole rings is 1. The van der Waals surface area contributed by atoms with Crippen molar-refractivity contribution in [2.75, 3.05) is 76.2 Å². The maximum absolute atomic E-state index is 14.6. The lowest BCUT2D eigenvalue weighted by Crippen LogP contribution is -2.57. The number of ketones is 1. The van der Waals surface area contributed by atoms with Crippen molar-refractivity contribution >= 4 is 73.0 Å². The van der Waals surface area contributed by atoms with Gasteiger partial charge in [0.1, 0.15) is 56.9 Å². The minimum absolute atomic E-state index is 0.0697. The third-order valence-corrected chi connectivity index (χ3v) is 18.5. The second-order valence-electron chi connectivity index (χ2n) is 21.1. The molecule has 2 aromatic carbocycles. The summed E-state index contributed by atoms with van der Waals surface area (Å²) in [7, 11) is -2.17. The van der Waals surface area contributed by atoms with E-state index in [4.69, 9.17) is 4.74 Å². The molecule has 21 nitrogen and oxygen atoms in total. The van der Waals surface area contributed by atoms with E-state index in [2.05, 4.69) is 60.9 Å². The van der Waals surface area contributed by atoms with Gasteiger partial charge in [0.05, 0.1) is 41.3 Å². The number of nitrogens with one attached hydrogen (secondary N) is 4. The Kier molecular flexibility index (Phi) is 16.8. The Morgan fingerprint density at radius 3 is 2.32 bits per heavy atom. The molecule has 3 saturated heterocycles. The minimum Gasteiger partial charge on any atom is -0.492 e. The summed E-state index contributed by atoms with van der Waals surface area (Å²) in [6.07, 6.45) is 7.51. The number of hydrogen-bond acceptors (Lipinski definition) is 18. The van der Waals surface area contributed by atoms with Crippen LogP contribution in [0.5, 0.6) is 5.75 Å². The number of piperidine rings is 1. The second kappa shape index (κ2) is 23.5. The number of ether oxygens (including phenoxy) is 1. The predicted molar refractivity (Wildman–Crippen MR) is 293 cm³/mol. The van der Waals surface area contributed by atoms with Gasteiger partial charge in [-0.2, -0.15) is 5.10 Å². The highest BCUT2D eigenvalue weighted by atomic mass is 32.2. The van der Waals surface area contributed by atoms with Gasteiger partial charge in [-0.3, -0.25) is 29.2 Å². The maximum Gasteiger partial charge on any atom is 0.274 e. The SMILES string of the molecule is CN[C@@H](C)C(=O)N[C@H](C(=O)N1CCC[C@H]1c1nc(C(=O)c2ccc(F)cc2)cs1)C1CCN(C(=O)c2cnc(N3CCN(CCCOc4cc5ncnc(Nc6n[nH]c(C)c6C)c5cc4S(=O)(=O)C(C)(C)C)CC3)cn2)CC1. The molecule has 0 spiro atoms. The fourth-order valence-corrected chi connectivity index (χ4v) is 12.2. The van der Waals surface area contributed by atoms with Gasteiger partial charge in [-0.1, -0.05) is 0 Å². The number of H-pyrrole nitrogens is 1. The predicted octanol–water partition coefficient (Wildman–Crippen LogP) is 5.80. The quantitative estimate of drug-likeness (QED) is 0.0586. The van der Waals surface area contributed by atoms with Gasteiger partial charge in [0.15, 0.2) is 15.7 Å². The average Bonchev–Trinajstić information content (AvgIpc) is 4.26. The Balaban J connectivity index is 0.770. The molecule has 4 N–H and O–H groups in total. The molecule has 3 aliphatic heterocycles. The number of aryl methyl sites for hydroxylation is 1. The Morgan fingerprint density at radius 1 is 0.910 bits per heavy atom. The van der Waals surface area contributed by atoms with Crippen molar-refractivity contribution in [3.8, 4) is 5.75 Å². The summed E-state index contributed by atoms with van der Waals surface area (Å²) in [5.74, 6) is 0.0840. The van der Waals surface area contributed by atoms with Crippen molar-refractivity contribution in [1.29, 1.82) is 0 Å². The zero-order chi connectivity index (χ0) is 55.5. The van der Waals surface area contributed by atoms with Gasteiger partial charge in [0.2, 0.25) is 17.6 Å². The number of piperazine rings is 1. The number of benzene rings is 2. The van der Waals surface area contributed by atoms with Crippen molar-refractivity contribution in [1.82, 2.24) is 60.5 Å². The van der Waals surface area contributed by atoms with Crippen LogP contribution in [0, 0.1) is 25.6 Å². The molecule has 78 heavy (non-hydrogen) atoms. The number of aromatic nitrogens is 7. The number of nitrogens with zero attached hydrogens (tertiary/aromatic N) is 10. The molecule has 4 aromatic heterocycles. The smallest absolute Gasteiger partial charge is 0.274 e. The molecule has 3 aliphatic rings. The normalized spacial score (nSPS) is 17.5. The van der Waals surface area contributed by atoms with E-state index in [9.17, 15) is 32.0 Å². The molecule has 24 heteroatoms. The van der Waals surface area contributed by atoms with E-state index in [1.54, 1.807) is 68.3 Å². The number of carbonyl (C=O) groups is 4. The van der Waals surface area contributed by atoms with Crippen LogP contribution in [0.25, 0.3) is 10.9 Å². The number of amides is 3. The van der Waals surface area contributed by atoms with Gasteiger partial charge < -0.3 is 35.4 Å².